The molecule has 2 aromatic carbocycles. The Morgan fingerprint density at radius 2 is 1.55 bits per heavy atom. The molecule has 1 aliphatic carbocycles. The van der Waals surface area contributed by atoms with E-state index < -0.39 is 0 Å². The molecule has 2 aromatic rings. The summed E-state index contributed by atoms with van der Waals surface area (Å²) < 4.78 is 0. The summed E-state index contributed by atoms with van der Waals surface area (Å²) in [5.41, 5.74) is 3.27. The first-order valence-corrected chi connectivity index (χ1v) is 7.51. The highest BCUT2D eigenvalue weighted by Gasteiger charge is 2.51. The van der Waals surface area contributed by atoms with Crippen molar-refractivity contribution in [2.45, 2.75) is 32.1 Å². The molecule has 1 N–H and O–H groups in total. The summed E-state index contributed by atoms with van der Waals surface area (Å²) in [7, 11) is 0. The molecule has 0 unspecified atom stereocenters. The first-order valence-electron chi connectivity index (χ1n) is 7.51. The van der Waals surface area contributed by atoms with E-state index in [9.17, 15) is 9.59 Å². The number of amides is 1. The first kappa shape index (κ1) is 14.5. The number of aryl methyl sites for hydroxylation is 1. The van der Waals surface area contributed by atoms with Crippen LogP contribution in [-0.2, 0) is 10.2 Å². The minimum Gasteiger partial charge on any atom is -0.325 e. The maximum Gasteiger partial charge on any atom is 0.235 e. The van der Waals surface area contributed by atoms with Crippen LogP contribution in [0.25, 0.3) is 0 Å². The lowest BCUT2D eigenvalue weighted by molar-refractivity contribution is -0.118. The van der Waals surface area contributed by atoms with Crippen LogP contribution in [0, 0.1) is 6.92 Å². The lowest BCUT2D eigenvalue weighted by Crippen LogP contribution is -2.27. The fourth-order valence-corrected chi connectivity index (χ4v) is 2.68. The number of hydrogen-bond donors (Lipinski definition) is 1. The average molecular weight is 293 g/mol. The molecule has 22 heavy (non-hydrogen) atoms. The van der Waals surface area contributed by atoms with Crippen molar-refractivity contribution in [3.8, 4) is 0 Å². The lowest BCUT2D eigenvalue weighted by Gasteiger charge is -2.16. The summed E-state index contributed by atoms with van der Waals surface area (Å²) in [5.74, 6) is 0.0584. The summed E-state index contributed by atoms with van der Waals surface area (Å²) in [4.78, 5) is 23.9. The molecule has 0 atom stereocenters. The number of benzene rings is 2. The molecule has 1 fully saturated rings. The Kier molecular flexibility index (Phi) is 3.57. The molecule has 3 rings (SSSR count). The van der Waals surface area contributed by atoms with Crippen LogP contribution < -0.4 is 5.32 Å². The van der Waals surface area contributed by atoms with Gasteiger partial charge in [-0.1, -0.05) is 29.8 Å². The summed E-state index contributed by atoms with van der Waals surface area (Å²) >= 11 is 0. The number of hydrogen-bond acceptors (Lipinski definition) is 2. The van der Waals surface area contributed by atoms with Gasteiger partial charge in [0.1, 0.15) is 0 Å². The number of Topliss-reactive ketones (excluding diaryl/α,β-unsaturated/α-hetero) is 1. The molecular weight excluding hydrogens is 274 g/mol. The minimum atomic E-state index is -0.382. The Balaban J connectivity index is 1.76. The minimum absolute atomic E-state index is 0.0243. The summed E-state index contributed by atoms with van der Waals surface area (Å²) in [5, 5.41) is 2.97. The van der Waals surface area contributed by atoms with Gasteiger partial charge in [0, 0.05) is 11.3 Å². The Morgan fingerprint density at radius 1 is 0.955 bits per heavy atom. The van der Waals surface area contributed by atoms with E-state index >= 15 is 0 Å². The molecule has 112 valence electrons. The largest absolute Gasteiger partial charge is 0.325 e. The smallest absolute Gasteiger partial charge is 0.235 e. The first-order chi connectivity index (χ1) is 10.5. The number of anilines is 1. The Morgan fingerprint density at radius 3 is 2.05 bits per heavy atom. The molecular formula is C19H19NO2. The van der Waals surface area contributed by atoms with E-state index in [0.29, 0.717) is 5.56 Å². The second-order valence-electron chi connectivity index (χ2n) is 6.04. The van der Waals surface area contributed by atoms with E-state index in [1.54, 1.807) is 24.3 Å². The SMILES string of the molecule is CC(=O)c1ccc(NC(=O)C2(c3ccc(C)cc3)CC2)cc1. The average Bonchev–Trinajstić information content (AvgIpc) is 3.30. The zero-order valence-electron chi connectivity index (χ0n) is 12.8. The Bertz CT molecular complexity index is 710. The third-order valence-electron chi connectivity index (χ3n) is 4.34. The molecule has 0 saturated heterocycles. The molecule has 0 aliphatic heterocycles. The molecule has 1 amide bonds. The fourth-order valence-electron chi connectivity index (χ4n) is 2.68. The van der Waals surface area contributed by atoms with Crippen LogP contribution in [-0.4, -0.2) is 11.7 Å². The van der Waals surface area contributed by atoms with Crippen molar-refractivity contribution in [3.05, 3.63) is 65.2 Å². The molecule has 1 aliphatic rings. The van der Waals surface area contributed by atoms with Crippen LogP contribution in [0.1, 0.15) is 41.3 Å². The molecule has 1 saturated carbocycles. The van der Waals surface area contributed by atoms with Gasteiger partial charge in [0.05, 0.1) is 5.41 Å². The van der Waals surface area contributed by atoms with E-state index in [-0.39, 0.29) is 17.1 Å². The van der Waals surface area contributed by atoms with Crippen LogP contribution in [0.2, 0.25) is 0 Å². The predicted octanol–water partition coefficient (Wildman–Crippen LogP) is 3.87. The zero-order chi connectivity index (χ0) is 15.7. The van der Waals surface area contributed by atoms with E-state index in [1.807, 2.05) is 31.2 Å². The summed E-state index contributed by atoms with van der Waals surface area (Å²) in [6.07, 6.45) is 1.76. The van der Waals surface area contributed by atoms with Crippen molar-refractivity contribution in [2.24, 2.45) is 0 Å². The maximum absolute atomic E-state index is 12.6. The standard InChI is InChI=1S/C19H19NO2/c1-13-3-7-16(8-4-13)19(11-12-19)18(22)20-17-9-5-15(6-10-17)14(2)21/h3-10H,11-12H2,1-2H3,(H,20,22). The Labute approximate surface area is 130 Å². The third-order valence-corrected chi connectivity index (χ3v) is 4.34. The van der Waals surface area contributed by atoms with Crippen LogP contribution in [0.3, 0.4) is 0 Å². The third kappa shape index (κ3) is 2.67. The topological polar surface area (TPSA) is 46.2 Å². The van der Waals surface area contributed by atoms with Crippen molar-refractivity contribution < 1.29 is 9.59 Å². The van der Waals surface area contributed by atoms with Gasteiger partial charge in [-0.05, 0) is 56.5 Å². The van der Waals surface area contributed by atoms with Crippen molar-refractivity contribution in [3.63, 3.8) is 0 Å². The van der Waals surface area contributed by atoms with E-state index in [0.717, 1.165) is 24.1 Å². The molecule has 0 spiro atoms. The number of rotatable bonds is 4. The van der Waals surface area contributed by atoms with Gasteiger partial charge in [0.25, 0.3) is 0 Å². The second-order valence-corrected chi connectivity index (χ2v) is 6.04. The van der Waals surface area contributed by atoms with Crippen molar-refractivity contribution in [1.29, 1.82) is 0 Å². The van der Waals surface area contributed by atoms with E-state index in [4.69, 9.17) is 0 Å². The zero-order valence-corrected chi connectivity index (χ0v) is 12.8. The highest BCUT2D eigenvalue weighted by molar-refractivity contribution is 6.02. The highest BCUT2D eigenvalue weighted by atomic mass is 16.2. The normalized spacial score (nSPS) is 15.2. The number of carbonyl (C=O) groups is 2. The number of carbonyl (C=O) groups excluding carboxylic acids is 2. The van der Waals surface area contributed by atoms with Gasteiger partial charge in [-0.25, -0.2) is 0 Å². The quantitative estimate of drug-likeness (QED) is 0.870. The summed E-state index contributed by atoms with van der Waals surface area (Å²) in [6, 6.07) is 15.2. The summed E-state index contributed by atoms with van der Waals surface area (Å²) in [6.45, 7) is 3.57. The van der Waals surface area contributed by atoms with Gasteiger partial charge in [-0.2, -0.15) is 0 Å². The van der Waals surface area contributed by atoms with Crippen molar-refractivity contribution in [1.82, 2.24) is 0 Å². The van der Waals surface area contributed by atoms with Gasteiger partial charge in [-0.3, -0.25) is 9.59 Å². The van der Waals surface area contributed by atoms with Gasteiger partial charge < -0.3 is 5.32 Å². The van der Waals surface area contributed by atoms with Crippen LogP contribution in [0.5, 0.6) is 0 Å². The predicted molar refractivity (Wildman–Crippen MR) is 87.2 cm³/mol. The van der Waals surface area contributed by atoms with Crippen LogP contribution in [0.4, 0.5) is 5.69 Å². The molecule has 0 bridgehead atoms. The van der Waals surface area contributed by atoms with Crippen molar-refractivity contribution in [2.75, 3.05) is 5.32 Å². The van der Waals surface area contributed by atoms with Gasteiger partial charge in [-0.15, -0.1) is 0 Å². The number of ketones is 1. The second kappa shape index (κ2) is 5.41. The Hall–Kier alpha value is -2.42. The number of nitrogens with one attached hydrogen (secondary N) is 1. The monoisotopic (exact) mass is 293 g/mol. The molecule has 0 aromatic heterocycles. The van der Waals surface area contributed by atoms with Crippen LogP contribution >= 0.6 is 0 Å². The van der Waals surface area contributed by atoms with Crippen molar-refractivity contribution >= 4 is 17.4 Å². The van der Waals surface area contributed by atoms with E-state index in [2.05, 4.69) is 5.32 Å². The lowest BCUT2D eigenvalue weighted by atomic mass is 9.94. The van der Waals surface area contributed by atoms with Gasteiger partial charge in [0.2, 0.25) is 5.91 Å². The van der Waals surface area contributed by atoms with E-state index in [1.165, 1.54) is 12.5 Å². The molecule has 0 radical (unpaired) electrons. The fraction of sp³-hybridized carbons (Fsp3) is 0.263. The van der Waals surface area contributed by atoms with Crippen LogP contribution in [0.15, 0.2) is 48.5 Å². The molecule has 0 heterocycles. The maximum atomic E-state index is 12.6. The van der Waals surface area contributed by atoms with Gasteiger partial charge in [0.15, 0.2) is 5.78 Å². The highest BCUT2D eigenvalue weighted by Crippen LogP contribution is 2.49. The van der Waals surface area contributed by atoms with Gasteiger partial charge >= 0.3 is 0 Å². The molecule has 3 heteroatoms. The molecule has 3 nitrogen and oxygen atoms in total.